The average Bonchev–Trinajstić information content (AvgIpc) is 2.44. The van der Waals surface area contributed by atoms with Crippen molar-refractivity contribution in [2.45, 2.75) is 13.8 Å². The molecule has 2 aromatic carbocycles. The van der Waals surface area contributed by atoms with Gasteiger partial charge in [0.15, 0.2) is 0 Å². The molecular formula is C17H17NO3. The van der Waals surface area contributed by atoms with Crippen LogP contribution in [0.1, 0.15) is 31.8 Å². The second kappa shape index (κ2) is 5.79. The molecule has 2 aromatic rings. The SMILES string of the molecule is Cc1cc(C)cc(N(C)C(=O)c2ccc(C(=O)O)cc2)c1. The van der Waals surface area contributed by atoms with E-state index >= 15 is 0 Å². The number of aryl methyl sites for hydroxylation is 2. The lowest BCUT2D eigenvalue weighted by atomic mass is 10.1. The van der Waals surface area contributed by atoms with E-state index < -0.39 is 5.97 Å². The molecule has 0 radical (unpaired) electrons. The average molecular weight is 283 g/mol. The molecule has 21 heavy (non-hydrogen) atoms. The van der Waals surface area contributed by atoms with E-state index in [-0.39, 0.29) is 11.5 Å². The molecule has 0 aromatic heterocycles. The number of carboxylic acid groups (broad SMARTS) is 1. The van der Waals surface area contributed by atoms with Gasteiger partial charge in [-0.05, 0) is 61.4 Å². The maximum Gasteiger partial charge on any atom is 0.335 e. The minimum absolute atomic E-state index is 0.167. The zero-order valence-corrected chi connectivity index (χ0v) is 12.3. The molecule has 0 atom stereocenters. The monoisotopic (exact) mass is 283 g/mol. The zero-order valence-electron chi connectivity index (χ0n) is 12.3. The van der Waals surface area contributed by atoms with Crippen molar-refractivity contribution in [3.8, 4) is 0 Å². The molecule has 4 heteroatoms. The molecule has 0 unspecified atom stereocenters. The van der Waals surface area contributed by atoms with Crippen LogP contribution < -0.4 is 4.90 Å². The lowest BCUT2D eigenvalue weighted by Crippen LogP contribution is -2.26. The molecule has 1 N–H and O–H groups in total. The molecule has 0 fully saturated rings. The van der Waals surface area contributed by atoms with Crippen LogP contribution in [0.2, 0.25) is 0 Å². The maximum absolute atomic E-state index is 12.4. The molecule has 4 nitrogen and oxygen atoms in total. The van der Waals surface area contributed by atoms with Gasteiger partial charge in [-0.2, -0.15) is 0 Å². The molecule has 0 aliphatic carbocycles. The van der Waals surface area contributed by atoms with Crippen molar-refractivity contribution in [2.75, 3.05) is 11.9 Å². The van der Waals surface area contributed by atoms with Crippen LogP contribution in [0.4, 0.5) is 5.69 Å². The predicted octanol–water partition coefficient (Wildman–Crippen LogP) is 3.28. The fraction of sp³-hybridized carbons (Fsp3) is 0.176. The summed E-state index contributed by atoms with van der Waals surface area (Å²) in [7, 11) is 1.71. The summed E-state index contributed by atoms with van der Waals surface area (Å²) >= 11 is 0. The third kappa shape index (κ3) is 3.28. The van der Waals surface area contributed by atoms with Gasteiger partial charge in [-0.15, -0.1) is 0 Å². The summed E-state index contributed by atoms with van der Waals surface area (Å²) in [6, 6.07) is 11.9. The first-order valence-corrected chi connectivity index (χ1v) is 6.58. The second-order valence-electron chi connectivity index (χ2n) is 5.09. The van der Waals surface area contributed by atoms with Crippen LogP contribution in [0.15, 0.2) is 42.5 Å². The quantitative estimate of drug-likeness (QED) is 0.940. The van der Waals surface area contributed by atoms with Crippen molar-refractivity contribution >= 4 is 17.6 Å². The Morgan fingerprint density at radius 2 is 1.38 bits per heavy atom. The molecule has 0 aliphatic rings. The number of amides is 1. The fourth-order valence-corrected chi connectivity index (χ4v) is 2.21. The zero-order chi connectivity index (χ0) is 15.6. The number of aromatic carboxylic acids is 1. The number of carbonyl (C=O) groups is 2. The lowest BCUT2D eigenvalue weighted by molar-refractivity contribution is 0.0696. The van der Waals surface area contributed by atoms with Gasteiger partial charge in [-0.1, -0.05) is 6.07 Å². The molecule has 0 aliphatic heterocycles. The smallest absolute Gasteiger partial charge is 0.335 e. The van der Waals surface area contributed by atoms with E-state index in [9.17, 15) is 9.59 Å². The van der Waals surface area contributed by atoms with Crippen LogP contribution in [0.3, 0.4) is 0 Å². The molecule has 0 saturated carbocycles. The first-order valence-electron chi connectivity index (χ1n) is 6.58. The second-order valence-corrected chi connectivity index (χ2v) is 5.09. The van der Waals surface area contributed by atoms with E-state index in [1.807, 2.05) is 32.0 Å². The number of carbonyl (C=O) groups excluding carboxylic acids is 1. The summed E-state index contributed by atoms with van der Waals surface area (Å²) in [5, 5.41) is 8.87. The van der Waals surface area contributed by atoms with Gasteiger partial charge in [0.05, 0.1) is 5.56 Å². The van der Waals surface area contributed by atoms with Crippen LogP contribution in [-0.2, 0) is 0 Å². The third-order valence-corrected chi connectivity index (χ3v) is 3.28. The normalized spacial score (nSPS) is 10.2. The van der Waals surface area contributed by atoms with Gasteiger partial charge in [0.2, 0.25) is 0 Å². The molecule has 0 spiro atoms. The Balaban J connectivity index is 2.28. The molecule has 108 valence electrons. The third-order valence-electron chi connectivity index (χ3n) is 3.28. The van der Waals surface area contributed by atoms with Crippen molar-refractivity contribution in [1.29, 1.82) is 0 Å². The Morgan fingerprint density at radius 3 is 1.86 bits per heavy atom. The van der Waals surface area contributed by atoms with Gasteiger partial charge in [0.25, 0.3) is 5.91 Å². The fourth-order valence-electron chi connectivity index (χ4n) is 2.21. The molecule has 2 rings (SSSR count). The number of carboxylic acids is 1. The van der Waals surface area contributed by atoms with E-state index in [0.29, 0.717) is 5.56 Å². The highest BCUT2D eigenvalue weighted by atomic mass is 16.4. The van der Waals surface area contributed by atoms with Gasteiger partial charge in [0.1, 0.15) is 0 Å². The Morgan fingerprint density at radius 1 is 0.905 bits per heavy atom. The number of hydrogen-bond donors (Lipinski definition) is 1. The van der Waals surface area contributed by atoms with E-state index in [1.165, 1.54) is 24.3 Å². The number of nitrogens with zero attached hydrogens (tertiary/aromatic N) is 1. The Bertz CT molecular complexity index is 669. The Labute approximate surface area is 123 Å². The van der Waals surface area contributed by atoms with E-state index in [0.717, 1.165) is 16.8 Å². The van der Waals surface area contributed by atoms with Crippen LogP contribution in [0, 0.1) is 13.8 Å². The van der Waals surface area contributed by atoms with Crippen LogP contribution >= 0.6 is 0 Å². The van der Waals surface area contributed by atoms with E-state index in [4.69, 9.17) is 5.11 Å². The van der Waals surface area contributed by atoms with Gasteiger partial charge in [-0.25, -0.2) is 4.79 Å². The highest BCUT2D eigenvalue weighted by Crippen LogP contribution is 2.19. The van der Waals surface area contributed by atoms with Crippen molar-refractivity contribution in [3.63, 3.8) is 0 Å². The Hall–Kier alpha value is -2.62. The minimum Gasteiger partial charge on any atom is -0.478 e. The summed E-state index contributed by atoms with van der Waals surface area (Å²) in [4.78, 5) is 24.8. The summed E-state index contributed by atoms with van der Waals surface area (Å²) in [6.45, 7) is 3.97. The maximum atomic E-state index is 12.4. The van der Waals surface area contributed by atoms with E-state index in [2.05, 4.69) is 0 Å². The summed E-state index contributed by atoms with van der Waals surface area (Å²) in [5.41, 5.74) is 3.62. The van der Waals surface area contributed by atoms with Gasteiger partial charge in [0, 0.05) is 18.3 Å². The van der Waals surface area contributed by atoms with Crippen LogP contribution in [-0.4, -0.2) is 24.0 Å². The van der Waals surface area contributed by atoms with Crippen molar-refractivity contribution in [2.24, 2.45) is 0 Å². The summed E-state index contributed by atoms with van der Waals surface area (Å²) < 4.78 is 0. The standard InChI is InChI=1S/C17H17NO3/c1-11-8-12(2)10-15(9-11)18(3)16(19)13-4-6-14(7-5-13)17(20)21/h4-10H,1-3H3,(H,20,21). The Kier molecular flexibility index (Phi) is 4.08. The summed E-state index contributed by atoms with van der Waals surface area (Å²) in [6.07, 6.45) is 0. The van der Waals surface area contributed by atoms with Gasteiger partial charge in [-0.3, -0.25) is 4.79 Å². The van der Waals surface area contributed by atoms with Gasteiger partial charge < -0.3 is 10.0 Å². The van der Waals surface area contributed by atoms with E-state index in [1.54, 1.807) is 11.9 Å². The lowest BCUT2D eigenvalue weighted by Gasteiger charge is -2.18. The number of hydrogen-bond acceptors (Lipinski definition) is 2. The highest BCUT2D eigenvalue weighted by Gasteiger charge is 2.14. The molecular weight excluding hydrogens is 266 g/mol. The van der Waals surface area contributed by atoms with Crippen molar-refractivity contribution in [1.82, 2.24) is 0 Å². The van der Waals surface area contributed by atoms with Crippen LogP contribution in [0.25, 0.3) is 0 Å². The topological polar surface area (TPSA) is 57.6 Å². The van der Waals surface area contributed by atoms with Crippen molar-refractivity contribution < 1.29 is 14.7 Å². The summed E-state index contributed by atoms with van der Waals surface area (Å²) in [5.74, 6) is -1.17. The first-order chi connectivity index (χ1) is 9.88. The molecule has 0 heterocycles. The predicted molar refractivity (Wildman–Crippen MR) is 82.1 cm³/mol. The largest absolute Gasteiger partial charge is 0.478 e. The van der Waals surface area contributed by atoms with Gasteiger partial charge >= 0.3 is 5.97 Å². The molecule has 1 amide bonds. The van der Waals surface area contributed by atoms with Crippen LogP contribution in [0.5, 0.6) is 0 Å². The molecule has 0 saturated heterocycles. The molecule has 0 bridgehead atoms. The number of anilines is 1. The first kappa shape index (κ1) is 14.8. The number of benzene rings is 2. The highest BCUT2D eigenvalue weighted by molar-refractivity contribution is 6.06. The minimum atomic E-state index is -1.00. The van der Waals surface area contributed by atoms with Crippen molar-refractivity contribution in [3.05, 3.63) is 64.7 Å². The number of rotatable bonds is 3.